The molecule has 2 aromatic rings. The van der Waals surface area contributed by atoms with Crippen LogP contribution in [-0.2, 0) is 0 Å². The molecule has 0 saturated carbocycles. The zero-order valence-electron chi connectivity index (χ0n) is 11.5. The molecule has 0 saturated heterocycles. The quantitative estimate of drug-likeness (QED) is 0.503. The summed E-state index contributed by atoms with van der Waals surface area (Å²) < 4.78 is 10.2. The third-order valence-corrected chi connectivity index (χ3v) is 2.88. The van der Waals surface area contributed by atoms with Gasteiger partial charge in [-0.1, -0.05) is 0 Å². The maximum atomic E-state index is 11.7. The number of rotatable bonds is 4. The number of nitrogens with one attached hydrogen (secondary N) is 1. The predicted octanol–water partition coefficient (Wildman–Crippen LogP) is 0.877. The lowest BCUT2D eigenvalue weighted by Gasteiger charge is -2.01. The SMILES string of the molecule is O=C(NN=Cc1cc2c(cc1[N+](=O)[O-])OCO2)c1cnccn1. The van der Waals surface area contributed by atoms with Crippen molar-refractivity contribution in [2.24, 2.45) is 5.10 Å². The van der Waals surface area contributed by atoms with Crippen molar-refractivity contribution in [1.29, 1.82) is 0 Å². The molecule has 2 heterocycles. The molecule has 1 amide bonds. The van der Waals surface area contributed by atoms with Gasteiger partial charge in [-0.15, -0.1) is 0 Å². The van der Waals surface area contributed by atoms with Crippen molar-refractivity contribution in [3.63, 3.8) is 0 Å². The minimum Gasteiger partial charge on any atom is -0.454 e. The number of hydrogen-bond donors (Lipinski definition) is 1. The van der Waals surface area contributed by atoms with Crippen LogP contribution in [0.1, 0.15) is 16.1 Å². The summed E-state index contributed by atoms with van der Waals surface area (Å²) in [5.74, 6) is 0.0764. The smallest absolute Gasteiger partial charge is 0.291 e. The summed E-state index contributed by atoms with van der Waals surface area (Å²) in [6, 6.07) is 2.66. The van der Waals surface area contributed by atoms with E-state index in [2.05, 4.69) is 20.5 Å². The lowest BCUT2D eigenvalue weighted by Crippen LogP contribution is -2.19. The molecule has 1 aromatic carbocycles. The highest BCUT2D eigenvalue weighted by Crippen LogP contribution is 2.37. The van der Waals surface area contributed by atoms with Gasteiger partial charge in [0.2, 0.25) is 6.79 Å². The van der Waals surface area contributed by atoms with Crippen molar-refractivity contribution in [3.8, 4) is 11.5 Å². The second-order valence-corrected chi connectivity index (χ2v) is 4.31. The molecule has 0 radical (unpaired) electrons. The molecule has 1 aliphatic heterocycles. The van der Waals surface area contributed by atoms with Gasteiger partial charge in [0.1, 0.15) is 5.69 Å². The summed E-state index contributed by atoms with van der Waals surface area (Å²) in [4.78, 5) is 29.8. The summed E-state index contributed by atoms with van der Waals surface area (Å²) in [7, 11) is 0. The van der Waals surface area contributed by atoms with Crippen molar-refractivity contribution >= 4 is 17.8 Å². The summed E-state index contributed by atoms with van der Waals surface area (Å²) in [5.41, 5.74) is 2.24. The fraction of sp³-hybridized carbons (Fsp3) is 0.0769. The van der Waals surface area contributed by atoms with Crippen molar-refractivity contribution in [3.05, 3.63) is 52.1 Å². The maximum absolute atomic E-state index is 11.7. The first kappa shape index (κ1) is 14.4. The number of hydrazone groups is 1. The van der Waals surface area contributed by atoms with Crippen LogP contribution in [0.15, 0.2) is 35.8 Å². The van der Waals surface area contributed by atoms with E-state index in [1.54, 1.807) is 0 Å². The number of benzene rings is 1. The first-order chi connectivity index (χ1) is 11.1. The van der Waals surface area contributed by atoms with E-state index in [9.17, 15) is 14.9 Å². The third kappa shape index (κ3) is 3.05. The second-order valence-electron chi connectivity index (χ2n) is 4.31. The number of nitro groups is 1. The van der Waals surface area contributed by atoms with Crippen molar-refractivity contribution in [1.82, 2.24) is 15.4 Å². The van der Waals surface area contributed by atoms with Crippen LogP contribution in [0.25, 0.3) is 0 Å². The Bertz CT molecular complexity index is 793. The summed E-state index contributed by atoms with van der Waals surface area (Å²) in [6.07, 6.45) is 5.21. The highest BCUT2D eigenvalue weighted by Gasteiger charge is 2.22. The Morgan fingerprint density at radius 2 is 2.13 bits per heavy atom. The van der Waals surface area contributed by atoms with Gasteiger partial charge in [0.15, 0.2) is 11.5 Å². The van der Waals surface area contributed by atoms with Gasteiger partial charge < -0.3 is 9.47 Å². The Morgan fingerprint density at radius 1 is 1.35 bits per heavy atom. The Labute approximate surface area is 128 Å². The van der Waals surface area contributed by atoms with E-state index >= 15 is 0 Å². The van der Waals surface area contributed by atoms with E-state index in [4.69, 9.17) is 9.47 Å². The van der Waals surface area contributed by atoms with Crippen LogP contribution < -0.4 is 14.9 Å². The number of amides is 1. The molecule has 10 heteroatoms. The highest BCUT2D eigenvalue weighted by atomic mass is 16.7. The molecule has 23 heavy (non-hydrogen) atoms. The van der Waals surface area contributed by atoms with E-state index in [0.29, 0.717) is 5.75 Å². The van der Waals surface area contributed by atoms with Gasteiger partial charge in [0.25, 0.3) is 11.6 Å². The molecule has 0 fully saturated rings. The predicted molar refractivity (Wildman–Crippen MR) is 76.3 cm³/mol. The number of carbonyl (C=O) groups is 1. The number of nitrogens with zero attached hydrogens (tertiary/aromatic N) is 4. The van der Waals surface area contributed by atoms with E-state index in [1.165, 1.54) is 30.7 Å². The number of hydrogen-bond acceptors (Lipinski definition) is 8. The summed E-state index contributed by atoms with van der Waals surface area (Å²) in [6.45, 7) is -0.00348. The van der Waals surface area contributed by atoms with E-state index in [0.717, 1.165) is 6.21 Å². The molecule has 0 bridgehead atoms. The van der Waals surface area contributed by atoms with Crippen molar-refractivity contribution in [2.75, 3.05) is 6.79 Å². The first-order valence-corrected chi connectivity index (χ1v) is 6.32. The Balaban J connectivity index is 1.79. The molecule has 1 N–H and O–H groups in total. The van der Waals surface area contributed by atoms with Crippen molar-refractivity contribution < 1.29 is 19.2 Å². The van der Waals surface area contributed by atoms with Crippen LogP contribution in [0.5, 0.6) is 11.5 Å². The van der Waals surface area contributed by atoms with E-state index in [1.807, 2.05) is 0 Å². The Morgan fingerprint density at radius 3 is 2.83 bits per heavy atom. The molecular formula is C13H9N5O5. The summed E-state index contributed by atoms with van der Waals surface area (Å²) >= 11 is 0. The molecular weight excluding hydrogens is 306 g/mol. The third-order valence-electron chi connectivity index (χ3n) is 2.88. The van der Waals surface area contributed by atoms with Gasteiger partial charge in [-0.25, -0.2) is 10.4 Å². The zero-order chi connectivity index (χ0) is 16.2. The molecule has 0 aliphatic carbocycles. The normalized spacial score (nSPS) is 12.3. The molecule has 0 unspecified atom stereocenters. The van der Waals surface area contributed by atoms with Gasteiger partial charge in [-0.3, -0.25) is 19.9 Å². The molecule has 3 rings (SSSR count). The van der Waals surface area contributed by atoms with Gasteiger partial charge >= 0.3 is 0 Å². The Hall–Kier alpha value is -3.56. The van der Waals surface area contributed by atoms with Crippen LogP contribution in [0.2, 0.25) is 0 Å². The number of fused-ring (bicyclic) bond motifs is 1. The first-order valence-electron chi connectivity index (χ1n) is 6.32. The van der Waals surface area contributed by atoms with Crippen LogP contribution in [-0.4, -0.2) is 33.8 Å². The number of nitro benzene ring substituents is 1. The molecule has 0 spiro atoms. The highest BCUT2D eigenvalue weighted by molar-refractivity contribution is 5.93. The standard InChI is InChI=1S/C13H9N5O5/c19-13(9-6-14-1-2-15-9)17-16-5-8-3-11-12(23-7-22-11)4-10(8)18(20)21/h1-6H,7H2,(H,17,19). The van der Waals surface area contributed by atoms with Gasteiger partial charge in [-0.2, -0.15) is 5.10 Å². The van der Waals surface area contributed by atoms with Crippen LogP contribution in [0, 0.1) is 10.1 Å². The number of ether oxygens (including phenoxy) is 2. The lowest BCUT2D eigenvalue weighted by atomic mass is 10.1. The molecule has 1 aromatic heterocycles. The average molecular weight is 315 g/mol. The van der Waals surface area contributed by atoms with Gasteiger partial charge in [-0.05, 0) is 6.07 Å². The average Bonchev–Trinajstić information content (AvgIpc) is 3.02. The fourth-order valence-corrected chi connectivity index (χ4v) is 1.84. The topological polar surface area (TPSA) is 129 Å². The largest absolute Gasteiger partial charge is 0.454 e. The van der Waals surface area contributed by atoms with Gasteiger partial charge in [0.05, 0.1) is 29.0 Å². The van der Waals surface area contributed by atoms with Crippen LogP contribution in [0.3, 0.4) is 0 Å². The minimum absolute atomic E-state index is 0.00348. The van der Waals surface area contributed by atoms with E-state index < -0.39 is 10.8 Å². The lowest BCUT2D eigenvalue weighted by molar-refractivity contribution is -0.385. The zero-order valence-corrected chi connectivity index (χ0v) is 11.5. The number of aromatic nitrogens is 2. The summed E-state index contributed by atoms with van der Waals surface area (Å²) in [5, 5.41) is 14.8. The molecule has 0 atom stereocenters. The van der Waals surface area contributed by atoms with Crippen LogP contribution >= 0.6 is 0 Å². The monoisotopic (exact) mass is 315 g/mol. The Kier molecular flexibility index (Phi) is 3.78. The number of carbonyl (C=O) groups excluding carboxylic acids is 1. The minimum atomic E-state index is -0.585. The molecule has 10 nitrogen and oxygen atoms in total. The fourth-order valence-electron chi connectivity index (χ4n) is 1.84. The molecule has 1 aliphatic rings. The maximum Gasteiger partial charge on any atom is 0.291 e. The van der Waals surface area contributed by atoms with Crippen molar-refractivity contribution in [2.45, 2.75) is 0 Å². The molecule has 116 valence electrons. The van der Waals surface area contributed by atoms with Crippen LogP contribution in [0.4, 0.5) is 5.69 Å². The van der Waals surface area contributed by atoms with Gasteiger partial charge in [0, 0.05) is 12.4 Å². The van der Waals surface area contributed by atoms with E-state index in [-0.39, 0.29) is 29.5 Å². The second kappa shape index (κ2) is 6.05.